The number of benzene rings is 2. The molecule has 0 N–H and O–H groups in total. The van der Waals surface area contributed by atoms with Gasteiger partial charge in [-0.25, -0.2) is 0 Å². The normalized spacial score (nSPS) is 11.7. The second-order valence-corrected chi connectivity index (χ2v) is 12.4. The van der Waals surface area contributed by atoms with Crippen LogP contribution in [0.25, 0.3) is 33.2 Å². The number of nitrogens with zero attached hydrogens (tertiary/aromatic N) is 1. The van der Waals surface area contributed by atoms with Gasteiger partial charge in [0.15, 0.2) is 0 Å². The van der Waals surface area contributed by atoms with Gasteiger partial charge in [0.05, 0.1) is 5.58 Å². The smallest absolute Gasteiger partial charge is 0.120 e. The molecule has 129 valence electrons. The number of para-hydroxylation sites is 1. The van der Waals surface area contributed by atoms with E-state index < -0.39 is 8.07 Å². The molecule has 0 aliphatic heterocycles. The van der Waals surface area contributed by atoms with E-state index in [0.29, 0.717) is 0 Å². The first kappa shape index (κ1) is 18.1. The van der Waals surface area contributed by atoms with Crippen LogP contribution in [0, 0.1) is 13.0 Å². The van der Waals surface area contributed by atoms with Crippen LogP contribution in [0.4, 0.5) is 0 Å². The largest absolute Gasteiger partial charge is 0.501 e. The van der Waals surface area contributed by atoms with Crippen molar-refractivity contribution in [2.24, 2.45) is 0 Å². The maximum atomic E-state index is 6.26. The van der Waals surface area contributed by atoms with Crippen LogP contribution < -0.4 is 5.19 Å². The first-order chi connectivity index (χ1) is 11.4. The van der Waals surface area contributed by atoms with Crippen molar-refractivity contribution in [2.45, 2.75) is 26.6 Å². The molecule has 2 aromatic carbocycles. The molecular weight excluding hydrogens is 503 g/mol. The average Bonchev–Trinajstić information content (AvgIpc) is 2.92. The molecule has 0 spiro atoms. The van der Waals surface area contributed by atoms with Crippen LogP contribution in [0.2, 0.25) is 19.6 Å². The molecule has 0 saturated carbocycles. The summed E-state index contributed by atoms with van der Waals surface area (Å²) < 4.78 is 6.26. The molecular formula is C21H20IrNOSi-. The Morgan fingerprint density at radius 2 is 1.84 bits per heavy atom. The molecule has 4 aromatic rings. The van der Waals surface area contributed by atoms with Gasteiger partial charge in [-0.1, -0.05) is 60.4 Å². The maximum absolute atomic E-state index is 6.26. The molecule has 2 heterocycles. The van der Waals surface area contributed by atoms with E-state index in [-0.39, 0.29) is 20.1 Å². The number of hydrogen-bond acceptors (Lipinski definition) is 2. The summed E-state index contributed by atoms with van der Waals surface area (Å²) in [7, 11) is -1.53. The molecule has 2 aromatic heterocycles. The third kappa shape index (κ3) is 3.10. The predicted octanol–water partition coefficient (Wildman–Crippen LogP) is 5.30. The molecule has 1 radical (unpaired) electrons. The van der Waals surface area contributed by atoms with Crippen molar-refractivity contribution in [3.05, 3.63) is 60.3 Å². The molecule has 0 bridgehead atoms. The standard InChI is InChI=1S/C21H20NOSi.Ir/c1-14-11-12-22-17(13-14)15-9-10-19(24(2,3)4)20-16-7-5-6-8-18(16)23-21(15)20;/h5-8,10-13H,1-4H3;/q-1;. The summed E-state index contributed by atoms with van der Waals surface area (Å²) in [4.78, 5) is 4.54. The number of furan rings is 1. The molecule has 4 heteroatoms. The molecule has 25 heavy (non-hydrogen) atoms. The summed E-state index contributed by atoms with van der Waals surface area (Å²) in [5.41, 5.74) is 4.90. The Labute approximate surface area is 162 Å². The van der Waals surface area contributed by atoms with Gasteiger partial charge in [-0.15, -0.1) is 17.3 Å². The van der Waals surface area contributed by atoms with Crippen LogP contribution in [0.1, 0.15) is 5.56 Å². The van der Waals surface area contributed by atoms with Crippen LogP contribution in [-0.4, -0.2) is 13.1 Å². The van der Waals surface area contributed by atoms with Crippen LogP contribution in [0.5, 0.6) is 0 Å². The number of aryl methyl sites for hydroxylation is 1. The van der Waals surface area contributed by atoms with Gasteiger partial charge >= 0.3 is 0 Å². The Hall–Kier alpha value is -1.74. The van der Waals surface area contributed by atoms with Crippen molar-refractivity contribution in [3.8, 4) is 11.3 Å². The molecule has 0 saturated heterocycles. The van der Waals surface area contributed by atoms with E-state index in [1.165, 1.54) is 21.5 Å². The summed E-state index contributed by atoms with van der Waals surface area (Å²) in [6.07, 6.45) is 1.85. The number of pyridine rings is 1. The Kier molecular flexibility index (Phi) is 4.71. The van der Waals surface area contributed by atoms with Crippen LogP contribution in [-0.2, 0) is 20.1 Å². The van der Waals surface area contributed by atoms with E-state index >= 15 is 0 Å². The van der Waals surface area contributed by atoms with Crippen molar-refractivity contribution >= 4 is 35.2 Å². The fraction of sp³-hybridized carbons (Fsp3) is 0.190. The molecule has 2 nitrogen and oxygen atoms in total. The third-order valence-electron chi connectivity index (χ3n) is 4.43. The van der Waals surface area contributed by atoms with Gasteiger partial charge in [-0.05, 0) is 24.8 Å². The van der Waals surface area contributed by atoms with Gasteiger partial charge in [0.2, 0.25) is 0 Å². The number of aromatic nitrogens is 1. The Balaban J connectivity index is 0.00000182. The van der Waals surface area contributed by atoms with Crippen molar-refractivity contribution in [1.29, 1.82) is 0 Å². The fourth-order valence-corrected chi connectivity index (χ4v) is 4.73. The first-order valence-electron chi connectivity index (χ1n) is 8.24. The number of fused-ring (bicyclic) bond motifs is 3. The monoisotopic (exact) mass is 523 g/mol. The average molecular weight is 523 g/mol. The Morgan fingerprint density at radius 1 is 1.08 bits per heavy atom. The molecule has 0 aliphatic carbocycles. The van der Waals surface area contributed by atoms with Crippen molar-refractivity contribution < 1.29 is 24.5 Å². The molecule has 0 amide bonds. The summed E-state index contributed by atoms with van der Waals surface area (Å²) in [6.45, 7) is 9.17. The second-order valence-electron chi connectivity index (χ2n) is 7.35. The third-order valence-corrected chi connectivity index (χ3v) is 6.44. The SMILES string of the molecule is Cc1ccnc(-c2[c-]cc([Si](C)(C)C)c3c2oc2ccccc23)c1.[Ir]. The number of hydrogen-bond donors (Lipinski definition) is 0. The minimum Gasteiger partial charge on any atom is -0.501 e. The molecule has 0 unspecified atom stereocenters. The summed E-state index contributed by atoms with van der Waals surface area (Å²) in [5, 5.41) is 3.81. The van der Waals surface area contributed by atoms with Gasteiger partial charge < -0.3 is 9.40 Å². The molecule has 0 atom stereocenters. The second kappa shape index (κ2) is 6.53. The molecule has 4 rings (SSSR count). The van der Waals surface area contributed by atoms with Gasteiger partial charge in [-0.2, -0.15) is 0 Å². The number of rotatable bonds is 2. The van der Waals surface area contributed by atoms with Gasteiger partial charge in [0.1, 0.15) is 5.58 Å². The van der Waals surface area contributed by atoms with E-state index in [1.807, 2.05) is 24.4 Å². The van der Waals surface area contributed by atoms with E-state index in [1.54, 1.807) is 0 Å². The van der Waals surface area contributed by atoms with Gasteiger partial charge in [0.25, 0.3) is 0 Å². The van der Waals surface area contributed by atoms with Crippen LogP contribution in [0.3, 0.4) is 0 Å². The minimum absolute atomic E-state index is 0. The van der Waals surface area contributed by atoms with Crippen LogP contribution >= 0.6 is 0 Å². The zero-order chi connectivity index (χ0) is 16.9. The summed E-state index contributed by atoms with van der Waals surface area (Å²) >= 11 is 0. The van der Waals surface area contributed by atoms with Crippen molar-refractivity contribution in [3.63, 3.8) is 0 Å². The quantitative estimate of drug-likeness (QED) is 0.264. The predicted molar refractivity (Wildman–Crippen MR) is 104 cm³/mol. The molecule has 0 fully saturated rings. The van der Waals surface area contributed by atoms with Gasteiger partial charge in [-0.3, -0.25) is 0 Å². The van der Waals surface area contributed by atoms with E-state index in [0.717, 1.165) is 22.4 Å². The van der Waals surface area contributed by atoms with E-state index in [4.69, 9.17) is 4.42 Å². The Bertz CT molecular complexity index is 1060. The Morgan fingerprint density at radius 3 is 2.56 bits per heavy atom. The zero-order valence-corrected chi connectivity index (χ0v) is 18.2. The summed E-state index contributed by atoms with van der Waals surface area (Å²) in [5.74, 6) is 0. The minimum atomic E-state index is -1.53. The zero-order valence-electron chi connectivity index (χ0n) is 14.8. The van der Waals surface area contributed by atoms with Crippen molar-refractivity contribution in [2.75, 3.05) is 0 Å². The maximum Gasteiger partial charge on any atom is 0.120 e. The molecule has 0 aliphatic rings. The van der Waals surface area contributed by atoms with E-state index in [2.05, 4.69) is 61.9 Å². The summed E-state index contributed by atoms with van der Waals surface area (Å²) in [6, 6.07) is 18.0. The fourth-order valence-electron chi connectivity index (χ4n) is 3.23. The van der Waals surface area contributed by atoms with E-state index in [9.17, 15) is 0 Å². The van der Waals surface area contributed by atoms with Gasteiger partial charge in [0, 0.05) is 39.8 Å². The van der Waals surface area contributed by atoms with Crippen molar-refractivity contribution in [1.82, 2.24) is 4.98 Å². The topological polar surface area (TPSA) is 26.0 Å². The van der Waals surface area contributed by atoms with Crippen LogP contribution in [0.15, 0.2) is 53.1 Å². The first-order valence-corrected chi connectivity index (χ1v) is 11.7.